The van der Waals surface area contributed by atoms with Crippen molar-refractivity contribution in [1.29, 1.82) is 0 Å². The molecule has 1 heterocycles. The minimum absolute atomic E-state index is 0.0571. The second kappa shape index (κ2) is 1.46. The fourth-order valence-corrected chi connectivity index (χ4v) is 0.679. The first-order valence-corrected chi connectivity index (χ1v) is 2.52. The highest BCUT2D eigenvalue weighted by Crippen LogP contribution is 1.90. The number of hydrogen-bond acceptors (Lipinski definition) is 2. The lowest BCUT2D eigenvalue weighted by atomic mass is 10.3. The molecule has 0 unspecified atom stereocenters. The zero-order chi connectivity index (χ0) is 5.28. The molecule has 0 saturated carbocycles. The summed E-state index contributed by atoms with van der Waals surface area (Å²) in [6, 6.07) is 0. The van der Waals surface area contributed by atoms with Crippen molar-refractivity contribution in [2.45, 2.75) is 6.42 Å². The van der Waals surface area contributed by atoms with Crippen LogP contribution in [0.3, 0.4) is 0 Å². The summed E-state index contributed by atoms with van der Waals surface area (Å²) in [5.74, 6) is -0.0571. The van der Waals surface area contributed by atoms with Crippen molar-refractivity contribution in [2.24, 2.45) is 0 Å². The minimum Gasteiger partial charge on any atom is -0.318 e. The Labute approximate surface area is 43.8 Å². The van der Waals surface area contributed by atoms with E-state index in [-0.39, 0.29) is 5.91 Å². The predicted molar refractivity (Wildman–Crippen MR) is 25.9 cm³/mol. The van der Waals surface area contributed by atoms with E-state index in [0.717, 1.165) is 0 Å². The molecule has 3 nitrogen and oxygen atoms in total. The molecule has 4 heteroatoms. The number of carbonyl (C=O) groups excluding carboxylic acids is 1. The molecule has 1 amide bonds. The molecule has 0 aromatic heterocycles. The second-order valence-corrected chi connectivity index (χ2v) is 1.89. The monoisotopic (exact) mass is 117 g/mol. The summed E-state index contributed by atoms with van der Waals surface area (Å²) in [6.45, 7) is 0. The van der Waals surface area contributed by atoms with Gasteiger partial charge in [-0.3, -0.25) is 4.79 Å². The van der Waals surface area contributed by atoms with Gasteiger partial charge in [0.25, 0.3) is 0 Å². The Morgan fingerprint density at radius 3 is 2.43 bits per heavy atom. The molecule has 0 spiro atoms. The summed E-state index contributed by atoms with van der Waals surface area (Å²) >= 11 is 0.350. The van der Waals surface area contributed by atoms with Gasteiger partial charge in [-0.2, -0.15) is 0 Å². The topological polar surface area (TPSA) is 46.2 Å². The maximum Gasteiger partial charge on any atom is 0.231 e. The molecule has 1 fully saturated rings. The van der Waals surface area contributed by atoms with Gasteiger partial charge in [0.15, 0.2) is 0 Å². The Kier molecular flexibility index (Phi) is 0.941. The molecule has 1 aliphatic rings. The lowest BCUT2D eigenvalue weighted by molar-refractivity contribution is -0.120. The molecule has 1 saturated heterocycles. The van der Waals surface area contributed by atoms with E-state index < -0.39 is 0 Å². The normalized spacial score (nSPS) is 17.7. The Balaban J connectivity index is 2.61. The highest BCUT2D eigenvalue weighted by Gasteiger charge is 2.17. The number of carbonyl (C=O) groups is 1. The highest BCUT2D eigenvalue weighted by molar-refractivity contribution is 7.66. The first kappa shape index (κ1) is 4.52. The Morgan fingerprint density at radius 1 is 1.71 bits per heavy atom. The SMILES string of the molecule is O=S=C1CC(=O)N1. The van der Waals surface area contributed by atoms with Crippen LogP contribution in [0.2, 0.25) is 0 Å². The fraction of sp³-hybridized carbons (Fsp3) is 0.333. The lowest BCUT2D eigenvalue weighted by Crippen LogP contribution is -2.43. The van der Waals surface area contributed by atoms with Crippen molar-refractivity contribution >= 4 is 22.2 Å². The molecular formula is C3H3NO2S. The molecule has 0 aliphatic carbocycles. The van der Waals surface area contributed by atoms with E-state index in [2.05, 4.69) is 5.32 Å². The number of hydrogen-bond donors (Lipinski definition) is 1. The van der Waals surface area contributed by atoms with Gasteiger partial charge in [-0.05, 0) is 0 Å². The van der Waals surface area contributed by atoms with Gasteiger partial charge in [-0.15, -0.1) is 0 Å². The molecule has 1 N–H and O–H groups in total. The molecular weight excluding hydrogens is 114 g/mol. The predicted octanol–water partition coefficient (Wildman–Crippen LogP) is -1.15. The number of rotatable bonds is 0. The molecule has 38 valence electrons. The summed E-state index contributed by atoms with van der Waals surface area (Å²) in [5, 5.41) is 2.32. The average Bonchev–Trinajstić information content (AvgIpc) is 1.58. The van der Waals surface area contributed by atoms with E-state index in [1.165, 1.54) is 0 Å². The van der Waals surface area contributed by atoms with Crippen LogP contribution < -0.4 is 5.32 Å². The molecule has 0 bridgehead atoms. The van der Waals surface area contributed by atoms with Crippen LogP contribution in [0, 0.1) is 0 Å². The smallest absolute Gasteiger partial charge is 0.231 e. The van der Waals surface area contributed by atoms with Crippen LogP contribution in [0.5, 0.6) is 0 Å². The Morgan fingerprint density at radius 2 is 2.29 bits per heavy atom. The number of nitrogens with one attached hydrogen (secondary N) is 1. The van der Waals surface area contributed by atoms with E-state index >= 15 is 0 Å². The number of amides is 1. The van der Waals surface area contributed by atoms with Crippen LogP contribution in [-0.4, -0.2) is 15.1 Å². The standard InChI is InChI=1S/C3H3NO2S/c5-2-1-3(4-2)7-6/h1H2,(H,4,5). The van der Waals surface area contributed by atoms with Crippen LogP contribution in [0.15, 0.2) is 0 Å². The van der Waals surface area contributed by atoms with Crippen LogP contribution in [0.4, 0.5) is 0 Å². The summed E-state index contributed by atoms with van der Waals surface area (Å²) in [4.78, 5) is 10.5. The molecule has 0 aromatic carbocycles. The molecule has 1 aliphatic heterocycles. The van der Waals surface area contributed by atoms with Crippen LogP contribution in [-0.2, 0) is 16.1 Å². The largest absolute Gasteiger partial charge is 0.318 e. The van der Waals surface area contributed by atoms with Gasteiger partial charge in [0.05, 0.1) is 6.42 Å². The summed E-state index contributed by atoms with van der Waals surface area (Å²) < 4.78 is 9.72. The van der Waals surface area contributed by atoms with Gasteiger partial charge < -0.3 is 5.32 Å². The summed E-state index contributed by atoms with van der Waals surface area (Å²) in [7, 11) is 0. The first-order chi connectivity index (χ1) is 3.33. The molecule has 0 aromatic rings. The average molecular weight is 117 g/mol. The van der Waals surface area contributed by atoms with Gasteiger partial charge in [-0.25, -0.2) is 4.21 Å². The maximum atomic E-state index is 9.98. The first-order valence-electron chi connectivity index (χ1n) is 1.78. The van der Waals surface area contributed by atoms with E-state index in [4.69, 9.17) is 0 Å². The fourth-order valence-electron chi connectivity index (χ4n) is 0.333. The third-order valence-corrected chi connectivity index (χ3v) is 1.15. The molecule has 0 atom stereocenters. The minimum atomic E-state index is -0.0571. The quantitative estimate of drug-likeness (QED) is 0.321. The van der Waals surface area contributed by atoms with Crippen LogP contribution in [0.1, 0.15) is 6.42 Å². The third kappa shape index (κ3) is 0.691. The Bertz CT molecular complexity index is 148. The lowest BCUT2D eigenvalue weighted by Gasteiger charge is -2.11. The number of β-lactam (4-membered cyclic amide) rings is 1. The third-order valence-electron chi connectivity index (χ3n) is 0.701. The maximum absolute atomic E-state index is 9.98. The molecule has 1 rings (SSSR count). The van der Waals surface area contributed by atoms with E-state index in [9.17, 15) is 9.00 Å². The van der Waals surface area contributed by atoms with Crippen molar-refractivity contribution in [1.82, 2.24) is 5.32 Å². The van der Waals surface area contributed by atoms with Crippen molar-refractivity contribution in [3.8, 4) is 0 Å². The van der Waals surface area contributed by atoms with Crippen molar-refractivity contribution < 1.29 is 9.00 Å². The highest BCUT2D eigenvalue weighted by atomic mass is 32.1. The van der Waals surface area contributed by atoms with Gasteiger partial charge >= 0.3 is 0 Å². The van der Waals surface area contributed by atoms with Gasteiger partial charge in [0.2, 0.25) is 5.91 Å². The van der Waals surface area contributed by atoms with E-state index in [1.807, 2.05) is 0 Å². The van der Waals surface area contributed by atoms with Crippen molar-refractivity contribution in [3.05, 3.63) is 0 Å². The molecule has 7 heavy (non-hydrogen) atoms. The van der Waals surface area contributed by atoms with E-state index in [1.54, 1.807) is 0 Å². The zero-order valence-electron chi connectivity index (χ0n) is 3.43. The van der Waals surface area contributed by atoms with Crippen molar-refractivity contribution in [3.63, 3.8) is 0 Å². The second-order valence-electron chi connectivity index (χ2n) is 1.23. The van der Waals surface area contributed by atoms with Crippen LogP contribution >= 0.6 is 0 Å². The Hall–Kier alpha value is -0.640. The van der Waals surface area contributed by atoms with Gasteiger partial charge in [0.1, 0.15) is 16.2 Å². The van der Waals surface area contributed by atoms with Gasteiger partial charge in [0, 0.05) is 0 Å². The molecule has 0 radical (unpaired) electrons. The summed E-state index contributed by atoms with van der Waals surface area (Å²) in [5.41, 5.74) is 0. The van der Waals surface area contributed by atoms with Gasteiger partial charge in [-0.1, -0.05) is 0 Å². The summed E-state index contributed by atoms with van der Waals surface area (Å²) in [6.07, 6.45) is 0.314. The zero-order valence-corrected chi connectivity index (χ0v) is 4.25. The van der Waals surface area contributed by atoms with Crippen molar-refractivity contribution in [2.75, 3.05) is 0 Å². The van der Waals surface area contributed by atoms with E-state index in [0.29, 0.717) is 22.7 Å². The van der Waals surface area contributed by atoms with Crippen LogP contribution in [0.25, 0.3) is 0 Å².